The highest BCUT2D eigenvalue weighted by Crippen LogP contribution is 2.27. The van der Waals surface area contributed by atoms with Gasteiger partial charge in [0.15, 0.2) is 16.7 Å². The number of carbonyl (C=O) groups is 1. The molecule has 0 fully saturated rings. The average Bonchev–Trinajstić information content (AvgIpc) is 3.17. The summed E-state index contributed by atoms with van der Waals surface area (Å²) >= 11 is 2.75. The number of amides is 1. The van der Waals surface area contributed by atoms with E-state index in [4.69, 9.17) is 4.74 Å². The number of para-hydroxylation sites is 2. The average molecular weight is 428 g/mol. The van der Waals surface area contributed by atoms with Gasteiger partial charge in [0.1, 0.15) is 0 Å². The molecule has 0 atom stereocenters. The van der Waals surface area contributed by atoms with Gasteiger partial charge in [0.05, 0.1) is 4.92 Å². The van der Waals surface area contributed by atoms with Crippen molar-refractivity contribution in [1.82, 2.24) is 10.2 Å². The molecule has 2 aromatic carbocycles. The highest BCUT2D eigenvalue weighted by atomic mass is 32.2. The van der Waals surface area contributed by atoms with E-state index in [0.29, 0.717) is 5.13 Å². The molecule has 0 bridgehead atoms. The van der Waals surface area contributed by atoms with E-state index in [1.807, 2.05) is 42.5 Å². The van der Waals surface area contributed by atoms with Crippen molar-refractivity contribution in [3.05, 3.63) is 76.4 Å². The lowest BCUT2D eigenvalue weighted by Crippen LogP contribution is -2.20. The number of carbonyl (C=O) groups excluding carboxylic acids is 1. The van der Waals surface area contributed by atoms with Crippen LogP contribution in [0, 0.1) is 10.1 Å². The van der Waals surface area contributed by atoms with Crippen LogP contribution < -0.4 is 10.1 Å². The minimum absolute atomic E-state index is 0.0337. The Balaban J connectivity index is 1.45. The van der Waals surface area contributed by atoms with E-state index in [9.17, 15) is 14.9 Å². The van der Waals surface area contributed by atoms with Gasteiger partial charge >= 0.3 is 5.69 Å². The summed E-state index contributed by atoms with van der Waals surface area (Å²) in [6.45, 7) is -0.368. The third-order valence-corrected chi connectivity index (χ3v) is 5.41. The number of nitrogens with one attached hydrogen (secondary N) is 1. The lowest BCUT2D eigenvalue weighted by atomic mass is 10.2. The minimum atomic E-state index is -0.562. The summed E-state index contributed by atoms with van der Waals surface area (Å²) in [5.74, 6) is 0.282. The molecule has 10 heteroatoms. The summed E-state index contributed by atoms with van der Waals surface area (Å²) in [6, 6.07) is 15.8. The largest absolute Gasteiger partial charge is 0.477 e. The number of hydrogen-bond donors (Lipinski definition) is 1. The summed E-state index contributed by atoms with van der Waals surface area (Å²) < 4.78 is 5.97. The zero-order valence-corrected chi connectivity index (χ0v) is 16.7. The van der Waals surface area contributed by atoms with Crippen LogP contribution in [0.2, 0.25) is 0 Å². The highest BCUT2D eigenvalue weighted by molar-refractivity contribution is 8.01. The standard InChI is InChI=1S/C19H16N4O4S2/c24-17(13-27-16-11-5-4-10-15(16)23(25)26)20-18-21-22-19(29-18)28-12-6-9-14-7-2-1-3-8-14/h1-11H,12-13H2,(H,20,21,24)/b9-6-. The molecule has 0 aliphatic heterocycles. The van der Waals surface area contributed by atoms with Crippen LogP contribution in [0.1, 0.15) is 5.56 Å². The van der Waals surface area contributed by atoms with Crippen LogP contribution in [0.3, 0.4) is 0 Å². The normalized spacial score (nSPS) is 10.8. The van der Waals surface area contributed by atoms with Gasteiger partial charge in [0.2, 0.25) is 5.13 Å². The molecular formula is C19H16N4O4S2. The van der Waals surface area contributed by atoms with Crippen molar-refractivity contribution in [3.8, 4) is 5.75 Å². The fourth-order valence-corrected chi connectivity index (χ4v) is 3.82. The molecule has 0 saturated carbocycles. The summed E-state index contributed by atoms with van der Waals surface area (Å²) in [4.78, 5) is 22.4. The molecule has 8 nitrogen and oxygen atoms in total. The smallest absolute Gasteiger partial charge is 0.310 e. The van der Waals surface area contributed by atoms with Crippen LogP contribution in [0.15, 0.2) is 65.0 Å². The molecule has 0 unspecified atom stereocenters. The van der Waals surface area contributed by atoms with E-state index < -0.39 is 10.8 Å². The number of aromatic nitrogens is 2. The van der Waals surface area contributed by atoms with Gasteiger partial charge in [-0.3, -0.25) is 20.2 Å². The molecule has 3 aromatic rings. The Hall–Kier alpha value is -3.24. The fourth-order valence-electron chi connectivity index (χ4n) is 2.22. The van der Waals surface area contributed by atoms with Gasteiger partial charge in [-0.25, -0.2) is 0 Å². The first-order chi connectivity index (χ1) is 14.1. The number of ether oxygens (including phenoxy) is 1. The van der Waals surface area contributed by atoms with Crippen LogP contribution in [0.4, 0.5) is 10.8 Å². The first-order valence-corrected chi connectivity index (χ1v) is 10.3. The van der Waals surface area contributed by atoms with Crippen molar-refractivity contribution in [2.45, 2.75) is 4.34 Å². The number of thioether (sulfide) groups is 1. The molecule has 0 saturated heterocycles. The second kappa shape index (κ2) is 10.3. The maximum atomic E-state index is 12.0. The topological polar surface area (TPSA) is 107 Å². The van der Waals surface area contributed by atoms with Crippen molar-refractivity contribution in [2.75, 3.05) is 17.7 Å². The van der Waals surface area contributed by atoms with Gasteiger partial charge in [-0.05, 0) is 11.6 Å². The lowest BCUT2D eigenvalue weighted by Gasteiger charge is -2.05. The molecule has 1 amide bonds. The Labute approximate surface area is 174 Å². The van der Waals surface area contributed by atoms with Gasteiger partial charge in [0.25, 0.3) is 5.91 Å². The zero-order chi connectivity index (χ0) is 20.5. The maximum absolute atomic E-state index is 12.0. The maximum Gasteiger partial charge on any atom is 0.310 e. The van der Waals surface area contributed by atoms with Crippen molar-refractivity contribution in [2.24, 2.45) is 0 Å². The summed E-state index contributed by atoms with van der Waals surface area (Å²) in [5, 5.41) is 21.8. The predicted octanol–water partition coefficient (Wildman–Crippen LogP) is 4.27. The number of nitro groups is 1. The van der Waals surface area contributed by atoms with E-state index in [0.717, 1.165) is 15.7 Å². The molecule has 0 radical (unpaired) electrons. The zero-order valence-electron chi connectivity index (χ0n) is 15.1. The number of hydrogen-bond acceptors (Lipinski definition) is 8. The predicted molar refractivity (Wildman–Crippen MR) is 113 cm³/mol. The first kappa shape index (κ1) is 20.5. The van der Waals surface area contributed by atoms with Crippen molar-refractivity contribution in [1.29, 1.82) is 0 Å². The molecular weight excluding hydrogens is 412 g/mol. The van der Waals surface area contributed by atoms with Crippen LogP contribution in [-0.4, -0.2) is 33.4 Å². The number of rotatable bonds is 9. The van der Waals surface area contributed by atoms with Gasteiger partial charge in [-0.2, -0.15) is 0 Å². The van der Waals surface area contributed by atoms with E-state index in [1.165, 1.54) is 41.3 Å². The van der Waals surface area contributed by atoms with Crippen molar-refractivity contribution in [3.63, 3.8) is 0 Å². The Morgan fingerprint density at radius 2 is 1.93 bits per heavy atom. The Kier molecular flexibility index (Phi) is 7.31. The summed E-state index contributed by atoms with van der Waals surface area (Å²) in [5.41, 5.74) is 0.926. The monoisotopic (exact) mass is 428 g/mol. The molecule has 0 aliphatic rings. The number of nitro benzene ring substituents is 1. The van der Waals surface area contributed by atoms with E-state index in [1.54, 1.807) is 6.07 Å². The summed E-state index contributed by atoms with van der Waals surface area (Å²) in [7, 11) is 0. The Morgan fingerprint density at radius 1 is 1.17 bits per heavy atom. The molecule has 29 heavy (non-hydrogen) atoms. The fraction of sp³-hybridized carbons (Fsp3) is 0.105. The highest BCUT2D eigenvalue weighted by Gasteiger charge is 2.15. The van der Waals surface area contributed by atoms with Gasteiger partial charge in [0, 0.05) is 11.8 Å². The number of anilines is 1. The van der Waals surface area contributed by atoms with Gasteiger partial charge < -0.3 is 4.74 Å². The first-order valence-electron chi connectivity index (χ1n) is 8.46. The van der Waals surface area contributed by atoms with Gasteiger partial charge in [-0.15, -0.1) is 10.2 Å². The SMILES string of the molecule is O=C(COc1ccccc1[N+](=O)[O-])Nc1nnc(SC/C=C\c2ccccc2)s1. The molecule has 1 aromatic heterocycles. The van der Waals surface area contributed by atoms with Gasteiger partial charge in [-0.1, -0.05) is 77.7 Å². The summed E-state index contributed by atoms with van der Waals surface area (Å²) in [6.07, 6.45) is 4.05. The van der Waals surface area contributed by atoms with E-state index in [-0.39, 0.29) is 18.0 Å². The van der Waals surface area contributed by atoms with Crippen molar-refractivity contribution >= 4 is 45.9 Å². The molecule has 3 rings (SSSR count). The third-order valence-electron chi connectivity index (χ3n) is 3.49. The molecule has 0 aliphatic carbocycles. The van der Waals surface area contributed by atoms with E-state index >= 15 is 0 Å². The van der Waals surface area contributed by atoms with E-state index in [2.05, 4.69) is 15.5 Å². The van der Waals surface area contributed by atoms with Crippen LogP contribution in [0.5, 0.6) is 5.75 Å². The number of benzene rings is 2. The third kappa shape index (κ3) is 6.40. The molecule has 1 N–H and O–H groups in total. The lowest BCUT2D eigenvalue weighted by molar-refractivity contribution is -0.385. The Morgan fingerprint density at radius 3 is 2.72 bits per heavy atom. The van der Waals surface area contributed by atoms with Crippen molar-refractivity contribution < 1.29 is 14.5 Å². The molecule has 148 valence electrons. The van der Waals surface area contributed by atoms with Crippen LogP contribution >= 0.6 is 23.1 Å². The number of nitrogens with zero attached hydrogens (tertiary/aromatic N) is 3. The minimum Gasteiger partial charge on any atom is -0.477 e. The van der Waals surface area contributed by atoms with Crippen LogP contribution in [-0.2, 0) is 4.79 Å². The quantitative estimate of drug-likeness (QED) is 0.235. The molecule has 0 spiro atoms. The molecule has 1 heterocycles. The second-order valence-electron chi connectivity index (χ2n) is 5.56. The Bertz CT molecular complexity index is 1010. The second-order valence-corrected chi connectivity index (χ2v) is 7.80. The van der Waals surface area contributed by atoms with Crippen LogP contribution in [0.25, 0.3) is 6.08 Å².